The molecule has 19 heavy (non-hydrogen) atoms. The Labute approximate surface area is 112 Å². The van der Waals surface area contributed by atoms with E-state index < -0.39 is 12.1 Å². The number of ether oxygens (including phenoxy) is 2. The molecule has 0 spiro atoms. The molecular formula is C13H18N2O4. The van der Waals surface area contributed by atoms with Gasteiger partial charge in [-0.25, -0.2) is 4.79 Å². The van der Waals surface area contributed by atoms with Crippen LogP contribution in [0.3, 0.4) is 0 Å². The number of hydrogen-bond acceptors (Lipinski definition) is 5. The molecule has 1 rings (SSSR count). The van der Waals surface area contributed by atoms with Gasteiger partial charge in [0.1, 0.15) is 18.4 Å². The highest BCUT2D eigenvalue weighted by Gasteiger charge is 2.11. The van der Waals surface area contributed by atoms with Crippen molar-refractivity contribution < 1.29 is 19.1 Å². The van der Waals surface area contributed by atoms with Crippen LogP contribution in [0.4, 0.5) is 4.79 Å². The predicted octanol–water partition coefficient (Wildman–Crippen LogP) is 0.926. The molecule has 0 aliphatic rings. The molecular weight excluding hydrogens is 248 g/mol. The van der Waals surface area contributed by atoms with Gasteiger partial charge >= 0.3 is 12.1 Å². The third-order valence-corrected chi connectivity index (χ3v) is 2.16. The van der Waals surface area contributed by atoms with Crippen LogP contribution >= 0.6 is 0 Å². The quantitative estimate of drug-likeness (QED) is 0.749. The van der Waals surface area contributed by atoms with Crippen LogP contribution in [0, 0.1) is 0 Å². The fourth-order valence-electron chi connectivity index (χ4n) is 1.37. The minimum absolute atomic E-state index is 0.222. The number of rotatable bonds is 6. The SMILES string of the molecule is CNCC(C)OC(=O)CNC(=O)Oc1ccccc1. The lowest BCUT2D eigenvalue weighted by Crippen LogP contribution is -2.35. The molecule has 1 atom stereocenters. The van der Waals surface area contributed by atoms with Crippen molar-refractivity contribution in [1.29, 1.82) is 0 Å². The van der Waals surface area contributed by atoms with Crippen molar-refractivity contribution in [3.63, 3.8) is 0 Å². The molecule has 0 aromatic heterocycles. The average molecular weight is 266 g/mol. The second-order valence-electron chi connectivity index (χ2n) is 3.91. The van der Waals surface area contributed by atoms with E-state index in [4.69, 9.17) is 9.47 Å². The number of hydrogen-bond donors (Lipinski definition) is 2. The smallest absolute Gasteiger partial charge is 0.413 e. The highest BCUT2D eigenvalue weighted by atomic mass is 16.6. The van der Waals surface area contributed by atoms with Gasteiger partial charge in [-0.1, -0.05) is 18.2 Å². The van der Waals surface area contributed by atoms with Crippen LogP contribution in [-0.4, -0.2) is 38.3 Å². The molecule has 0 saturated heterocycles. The number of benzene rings is 1. The van der Waals surface area contributed by atoms with Gasteiger partial charge in [-0.2, -0.15) is 0 Å². The lowest BCUT2D eigenvalue weighted by atomic mass is 10.3. The second-order valence-corrected chi connectivity index (χ2v) is 3.91. The number of likely N-dealkylation sites (N-methyl/N-ethyl adjacent to an activating group) is 1. The van der Waals surface area contributed by atoms with Crippen molar-refractivity contribution in [2.75, 3.05) is 20.1 Å². The van der Waals surface area contributed by atoms with E-state index >= 15 is 0 Å². The maximum absolute atomic E-state index is 11.4. The highest BCUT2D eigenvalue weighted by molar-refractivity contribution is 5.78. The Kier molecular flexibility index (Phi) is 6.38. The fourth-order valence-corrected chi connectivity index (χ4v) is 1.37. The summed E-state index contributed by atoms with van der Waals surface area (Å²) in [4.78, 5) is 22.7. The molecule has 2 N–H and O–H groups in total. The van der Waals surface area contributed by atoms with Gasteiger partial charge in [0.2, 0.25) is 0 Å². The summed E-state index contributed by atoms with van der Waals surface area (Å²) in [7, 11) is 1.76. The van der Waals surface area contributed by atoms with Crippen LogP contribution < -0.4 is 15.4 Å². The monoisotopic (exact) mass is 266 g/mol. The van der Waals surface area contributed by atoms with Gasteiger partial charge in [-0.15, -0.1) is 0 Å². The van der Waals surface area contributed by atoms with E-state index in [2.05, 4.69) is 10.6 Å². The summed E-state index contributed by atoms with van der Waals surface area (Å²) in [6, 6.07) is 8.59. The molecule has 1 aromatic rings. The van der Waals surface area contributed by atoms with Gasteiger partial charge < -0.3 is 20.1 Å². The zero-order valence-corrected chi connectivity index (χ0v) is 11.0. The minimum atomic E-state index is -0.690. The number of carbonyl (C=O) groups is 2. The van der Waals surface area contributed by atoms with E-state index in [0.717, 1.165) is 0 Å². The third-order valence-electron chi connectivity index (χ3n) is 2.16. The standard InChI is InChI=1S/C13H18N2O4/c1-10(8-14-2)18-12(16)9-15-13(17)19-11-6-4-3-5-7-11/h3-7,10,14H,8-9H2,1-2H3,(H,15,17). The summed E-state index contributed by atoms with van der Waals surface area (Å²) in [6.07, 6.45) is -0.936. The van der Waals surface area contributed by atoms with Crippen molar-refractivity contribution in [3.05, 3.63) is 30.3 Å². The van der Waals surface area contributed by atoms with Crippen molar-refractivity contribution in [1.82, 2.24) is 10.6 Å². The molecule has 104 valence electrons. The number of para-hydroxylation sites is 1. The van der Waals surface area contributed by atoms with E-state index in [1.165, 1.54) is 0 Å². The van der Waals surface area contributed by atoms with E-state index in [1.807, 2.05) is 6.07 Å². The van der Waals surface area contributed by atoms with Crippen molar-refractivity contribution in [2.24, 2.45) is 0 Å². The lowest BCUT2D eigenvalue weighted by Gasteiger charge is -2.12. The molecule has 1 unspecified atom stereocenters. The van der Waals surface area contributed by atoms with Crippen LogP contribution in [-0.2, 0) is 9.53 Å². The van der Waals surface area contributed by atoms with Crippen LogP contribution in [0.25, 0.3) is 0 Å². The van der Waals surface area contributed by atoms with E-state index in [9.17, 15) is 9.59 Å². The summed E-state index contributed by atoms with van der Waals surface area (Å²) >= 11 is 0. The average Bonchev–Trinajstić information content (AvgIpc) is 2.38. The minimum Gasteiger partial charge on any atom is -0.460 e. The van der Waals surface area contributed by atoms with Crippen LogP contribution in [0.5, 0.6) is 5.75 Å². The van der Waals surface area contributed by atoms with Gasteiger partial charge in [0.25, 0.3) is 0 Å². The maximum atomic E-state index is 11.4. The first-order valence-electron chi connectivity index (χ1n) is 5.96. The molecule has 1 amide bonds. The summed E-state index contributed by atoms with van der Waals surface area (Å²) in [5.41, 5.74) is 0. The van der Waals surface area contributed by atoms with Crippen LogP contribution in [0.15, 0.2) is 30.3 Å². The molecule has 0 saturated carbocycles. The molecule has 6 heteroatoms. The number of nitrogens with one attached hydrogen (secondary N) is 2. The molecule has 6 nitrogen and oxygen atoms in total. The van der Waals surface area contributed by atoms with E-state index in [0.29, 0.717) is 12.3 Å². The maximum Gasteiger partial charge on any atom is 0.413 e. The summed E-state index contributed by atoms with van der Waals surface area (Å²) < 4.78 is 9.97. The van der Waals surface area contributed by atoms with Crippen LogP contribution in [0.2, 0.25) is 0 Å². The zero-order chi connectivity index (χ0) is 14.1. The molecule has 1 aromatic carbocycles. The summed E-state index contributed by atoms with van der Waals surface area (Å²) in [5.74, 6) is -0.0929. The van der Waals surface area contributed by atoms with Gasteiger partial charge in [0, 0.05) is 6.54 Å². The van der Waals surface area contributed by atoms with Crippen molar-refractivity contribution in [3.8, 4) is 5.75 Å². The Hall–Kier alpha value is -2.08. The van der Waals surface area contributed by atoms with Crippen molar-refractivity contribution >= 4 is 12.1 Å². The number of carbonyl (C=O) groups excluding carboxylic acids is 2. The molecule has 0 radical (unpaired) electrons. The van der Waals surface area contributed by atoms with E-state index in [-0.39, 0.29) is 12.6 Å². The Morgan fingerprint density at radius 3 is 2.58 bits per heavy atom. The summed E-state index contributed by atoms with van der Waals surface area (Å²) in [6.45, 7) is 2.09. The van der Waals surface area contributed by atoms with Crippen LogP contribution in [0.1, 0.15) is 6.92 Å². The molecule has 0 heterocycles. The van der Waals surface area contributed by atoms with E-state index in [1.54, 1.807) is 38.2 Å². The Balaban J connectivity index is 2.25. The van der Waals surface area contributed by atoms with Gasteiger partial charge in [0.05, 0.1) is 0 Å². The summed E-state index contributed by atoms with van der Waals surface area (Å²) in [5, 5.41) is 5.20. The number of esters is 1. The topological polar surface area (TPSA) is 76.7 Å². The zero-order valence-electron chi connectivity index (χ0n) is 11.0. The third kappa shape index (κ3) is 6.42. The lowest BCUT2D eigenvalue weighted by molar-refractivity contribution is -0.146. The molecule has 0 aliphatic carbocycles. The Bertz CT molecular complexity index is 408. The first kappa shape index (κ1) is 15.0. The van der Waals surface area contributed by atoms with Gasteiger partial charge in [-0.3, -0.25) is 4.79 Å². The van der Waals surface area contributed by atoms with Gasteiger partial charge in [0.15, 0.2) is 0 Å². The second kappa shape index (κ2) is 8.10. The first-order chi connectivity index (χ1) is 9.11. The predicted molar refractivity (Wildman–Crippen MR) is 69.9 cm³/mol. The first-order valence-corrected chi connectivity index (χ1v) is 5.96. The molecule has 0 bridgehead atoms. The largest absolute Gasteiger partial charge is 0.460 e. The molecule has 0 fully saturated rings. The Morgan fingerprint density at radius 2 is 1.95 bits per heavy atom. The fraction of sp³-hybridized carbons (Fsp3) is 0.385. The van der Waals surface area contributed by atoms with Gasteiger partial charge in [-0.05, 0) is 26.1 Å². The normalized spacial score (nSPS) is 11.5. The highest BCUT2D eigenvalue weighted by Crippen LogP contribution is 2.07. The number of amides is 1. The molecule has 0 aliphatic heterocycles. The van der Waals surface area contributed by atoms with Crippen molar-refractivity contribution in [2.45, 2.75) is 13.0 Å². The Morgan fingerprint density at radius 1 is 1.26 bits per heavy atom.